The maximum Gasteiger partial charge on any atom is 0.359 e. The molecule has 2 heterocycles. The number of ether oxygens (including phenoxy) is 1. The zero-order valence-corrected chi connectivity index (χ0v) is 14.9. The number of nitrogens with two attached hydrogens (primary N) is 1. The van der Waals surface area contributed by atoms with Gasteiger partial charge in [-0.3, -0.25) is 4.79 Å². The lowest BCUT2D eigenvalue weighted by atomic mass is 10.1. The van der Waals surface area contributed by atoms with Crippen LogP contribution in [0.4, 0.5) is 5.69 Å². The van der Waals surface area contributed by atoms with Gasteiger partial charge in [0.05, 0.1) is 17.8 Å². The number of amides is 1. The molecule has 0 atom stereocenters. The number of benzene rings is 2. The molecule has 1 amide bonds. The average Bonchev–Trinajstić information content (AvgIpc) is 2.95. The van der Waals surface area contributed by atoms with Crippen LogP contribution in [0.25, 0.3) is 10.9 Å². The Kier molecular flexibility index (Phi) is 4.24. The normalized spacial score (nSPS) is 13.1. The summed E-state index contributed by atoms with van der Waals surface area (Å²) < 4.78 is 5.00. The minimum Gasteiger partial charge on any atom is -0.461 e. The van der Waals surface area contributed by atoms with E-state index in [0.29, 0.717) is 24.2 Å². The minimum atomic E-state index is -0.561. The number of carbonyl (C=O) groups is 2. The Morgan fingerprint density at radius 3 is 2.74 bits per heavy atom. The molecule has 0 spiro atoms. The quantitative estimate of drug-likeness (QED) is 0.722. The summed E-state index contributed by atoms with van der Waals surface area (Å²) >= 11 is 0. The maximum absolute atomic E-state index is 12.8. The Hall–Kier alpha value is -3.41. The lowest BCUT2D eigenvalue weighted by Crippen LogP contribution is -2.23. The standard InChI is InChI=1S/C21H19N3O3/c1-2-27-21(26)19-17(22)9-14-8-15-12-24(11-13-6-4-3-5-7-13)20(25)16(15)10-18(14)23-19/h3-10H,2,11-12,22H2,1H3. The van der Waals surface area contributed by atoms with Gasteiger partial charge in [-0.2, -0.15) is 0 Å². The van der Waals surface area contributed by atoms with Gasteiger partial charge >= 0.3 is 5.97 Å². The molecule has 0 bridgehead atoms. The number of anilines is 1. The highest BCUT2D eigenvalue weighted by molar-refractivity contribution is 6.03. The summed E-state index contributed by atoms with van der Waals surface area (Å²) in [5.41, 5.74) is 9.52. The summed E-state index contributed by atoms with van der Waals surface area (Å²) in [5.74, 6) is -0.596. The number of hydrogen-bond donors (Lipinski definition) is 1. The third kappa shape index (κ3) is 3.10. The molecule has 6 nitrogen and oxygen atoms in total. The van der Waals surface area contributed by atoms with Crippen LogP contribution in [0.1, 0.15) is 38.9 Å². The van der Waals surface area contributed by atoms with E-state index in [2.05, 4.69) is 4.98 Å². The third-order valence-electron chi connectivity index (χ3n) is 4.63. The Balaban J connectivity index is 1.69. The highest BCUT2D eigenvalue weighted by atomic mass is 16.5. The van der Waals surface area contributed by atoms with Gasteiger partial charge in [0, 0.05) is 24.0 Å². The van der Waals surface area contributed by atoms with Crippen molar-refractivity contribution < 1.29 is 14.3 Å². The molecule has 1 aliphatic rings. The zero-order valence-electron chi connectivity index (χ0n) is 14.9. The number of esters is 1. The molecule has 4 rings (SSSR count). The topological polar surface area (TPSA) is 85.5 Å². The second kappa shape index (κ2) is 6.72. The largest absolute Gasteiger partial charge is 0.461 e. The van der Waals surface area contributed by atoms with Crippen molar-refractivity contribution in [2.45, 2.75) is 20.0 Å². The lowest BCUT2D eigenvalue weighted by molar-refractivity contribution is 0.0521. The molecule has 136 valence electrons. The van der Waals surface area contributed by atoms with Crippen molar-refractivity contribution in [1.29, 1.82) is 0 Å². The molecule has 3 aromatic rings. The molecule has 0 saturated carbocycles. The fourth-order valence-corrected chi connectivity index (χ4v) is 3.36. The van der Waals surface area contributed by atoms with E-state index >= 15 is 0 Å². The van der Waals surface area contributed by atoms with Gasteiger partial charge in [-0.1, -0.05) is 30.3 Å². The fraction of sp³-hybridized carbons (Fsp3) is 0.190. The summed E-state index contributed by atoms with van der Waals surface area (Å²) in [7, 11) is 0. The smallest absolute Gasteiger partial charge is 0.359 e. The minimum absolute atomic E-state index is 0.0351. The molecule has 1 aromatic heterocycles. The van der Waals surface area contributed by atoms with Crippen molar-refractivity contribution in [3.63, 3.8) is 0 Å². The van der Waals surface area contributed by atoms with E-state index in [9.17, 15) is 9.59 Å². The first-order valence-electron chi connectivity index (χ1n) is 8.80. The molecule has 0 fully saturated rings. The molecule has 2 N–H and O–H groups in total. The van der Waals surface area contributed by atoms with Crippen molar-refractivity contribution in [1.82, 2.24) is 9.88 Å². The second-order valence-electron chi connectivity index (χ2n) is 6.50. The molecular formula is C21H19N3O3. The Bertz CT molecular complexity index is 1050. The summed E-state index contributed by atoms with van der Waals surface area (Å²) in [6.45, 7) is 3.06. The Labute approximate surface area is 156 Å². The lowest BCUT2D eigenvalue weighted by Gasteiger charge is -2.15. The number of nitrogens with zero attached hydrogens (tertiary/aromatic N) is 2. The van der Waals surface area contributed by atoms with Crippen molar-refractivity contribution in [3.05, 3.63) is 70.9 Å². The van der Waals surface area contributed by atoms with Gasteiger partial charge in [-0.05, 0) is 36.2 Å². The predicted octanol–water partition coefficient (Wildman–Crippen LogP) is 3.15. The Morgan fingerprint density at radius 1 is 1.22 bits per heavy atom. The van der Waals surface area contributed by atoms with Crippen molar-refractivity contribution in [2.24, 2.45) is 0 Å². The van der Waals surface area contributed by atoms with Crippen molar-refractivity contribution in [3.8, 4) is 0 Å². The average molecular weight is 361 g/mol. The molecule has 6 heteroatoms. The second-order valence-corrected chi connectivity index (χ2v) is 6.50. The number of hydrogen-bond acceptors (Lipinski definition) is 5. The van der Waals surface area contributed by atoms with Crippen LogP contribution in [0.5, 0.6) is 0 Å². The monoisotopic (exact) mass is 361 g/mol. The van der Waals surface area contributed by atoms with Gasteiger partial charge in [0.2, 0.25) is 0 Å². The summed E-state index contributed by atoms with van der Waals surface area (Å²) in [6.07, 6.45) is 0. The highest BCUT2D eigenvalue weighted by Gasteiger charge is 2.28. The van der Waals surface area contributed by atoms with E-state index in [1.165, 1.54) is 0 Å². The third-order valence-corrected chi connectivity index (χ3v) is 4.63. The SMILES string of the molecule is CCOC(=O)c1nc2cc3c(cc2cc1N)CN(Cc1ccccc1)C3=O. The molecule has 0 saturated heterocycles. The summed E-state index contributed by atoms with van der Waals surface area (Å²) in [5, 5.41) is 0.800. The van der Waals surface area contributed by atoms with Crippen LogP contribution >= 0.6 is 0 Å². The van der Waals surface area contributed by atoms with Crippen molar-refractivity contribution >= 4 is 28.5 Å². The summed E-state index contributed by atoms with van der Waals surface area (Å²) in [6, 6.07) is 15.2. The van der Waals surface area contributed by atoms with E-state index < -0.39 is 5.97 Å². The van der Waals surface area contributed by atoms with E-state index in [1.807, 2.05) is 36.4 Å². The molecule has 27 heavy (non-hydrogen) atoms. The number of carbonyl (C=O) groups excluding carboxylic acids is 2. The number of aromatic nitrogens is 1. The van der Waals surface area contributed by atoms with Crippen LogP contribution in [0, 0.1) is 0 Å². The zero-order chi connectivity index (χ0) is 19.0. The molecule has 2 aromatic carbocycles. The number of rotatable bonds is 4. The summed E-state index contributed by atoms with van der Waals surface area (Å²) in [4.78, 5) is 31.0. The van der Waals surface area contributed by atoms with Gasteiger partial charge in [-0.25, -0.2) is 9.78 Å². The first-order chi connectivity index (χ1) is 13.1. The van der Waals surface area contributed by atoms with Gasteiger partial charge in [0.1, 0.15) is 0 Å². The number of fused-ring (bicyclic) bond motifs is 2. The molecule has 0 unspecified atom stereocenters. The molecular weight excluding hydrogens is 342 g/mol. The predicted molar refractivity (Wildman–Crippen MR) is 102 cm³/mol. The first kappa shape index (κ1) is 17.0. The van der Waals surface area contributed by atoms with Crippen molar-refractivity contribution in [2.75, 3.05) is 12.3 Å². The van der Waals surface area contributed by atoms with Gasteiger partial charge in [-0.15, -0.1) is 0 Å². The van der Waals surface area contributed by atoms with E-state index in [1.54, 1.807) is 24.0 Å². The van der Waals surface area contributed by atoms with Gasteiger partial charge < -0.3 is 15.4 Å². The van der Waals surface area contributed by atoms with Gasteiger partial charge in [0.25, 0.3) is 5.91 Å². The Morgan fingerprint density at radius 2 is 2.00 bits per heavy atom. The molecule has 1 aliphatic heterocycles. The van der Waals surface area contributed by atoms with E-state index in [-0.39, 0.29) is 23.9 Å². The van der Waals surface area contributed by atoms with Crippen LogP contribution in [0.3, 0.4) is 0 Å². The first-order valence-corrected chi connectivity index (χ1v) is 8.80. The van der Waals surface area contributed by atoms with Crippen LogP contribution in [-0.4, -0.2) is 28.4 Å². The maximum atomic E-state index is 12.8. The molecule has 0 radical (unpaired) electrons. The molecule has 0 aliphatic carbocycles. The fourth-order valence-electron chi connectivity index (χ4n) is 3.36. The number of nitrogen functional groups attached to an aromatic ring is 1. The highest BCUT2D eigenvalue weighted by Crippen LogP contribution is 2.30. The number of pyridine rings is 1. The van der Waals surface area contributed by atoms with Gasteiger partial charge in [0.15, 0.2) is 5.69 Å². The van der Waals surface area contributed by atoms with E-state index in [4.69, 9.17) is 10.5 Å². The van der Waals surface area contributed by atoms with E-state index in [0.717, 1.165) is 16.5 Å². The van der Waals surface area contributed by atoms with Crippen LogP contribution in [-0.2, 0) is 17.8 Å². The van der Waals surface area contributed by atoms with Crippen LogP contribution in [0.15, 0.2) is 48.5 Å². The van der Waals surface area contributed by atoms with Crippen LogP contribution < -0.4 is 5.73 Å². The van der Waals surface area contributed by atoms with Crippen LogP contribution in [0.2, 0.25) is 0 Å².